The average Bonchev–Trinajstić information content (AvgIpc) is 3.14. The predicted octanol–water partition coefficient (Wildman–Crippen LogP) is 2.38. The van der Waals surface area contributed by atoms with E-state index in [1.54, 1.807) is 12.1 Å². The maximum atomic E-state index is 12.2. The van der Waals surface area contributed by atoms with Crippen molar-refractivity contribution in [3.63, 3.8) is 0 Å². The zero-order valence-electron chi connectivity index (χ0n) is 14.4. The second kappa shape index (κ2) is 9.42. The molecule has 2 amide bonds. The van der Waals surface area contributed by atoms with Crippen molar-refractivity contribution in [3.8, 4) is 0 Å². The van der Waals surface area contributed by atoms with Crippen molar-refractivity contribution in [1.82, 2.24) is 10.6 Å². The SMILES string of the molecule is CCC(CCO)NC(=O)c1ccc(CNC(=O)C2CCCC2)cc1. The molecule has 0 spiro atoms. The molecule has 24 heavy (non-hydrogen) atoms. The lowest BCUT2D eigenvalue weighted by Crippen LogP contribution is -2.35. The van der Waals surface area contributed by atoms with Gasteiger partial charge < -0.3 is 15.7 Å². The molecule has 0 saturated heterocycles. The van der Waals surface area contributed by atoms with Crippen LogP contribution in [0.5, 0.6) is 0 Å². The molecule has 1 aliphatic carbocycles. The van der Waals surface area contributed by atoms with Crippen LogP contribution in [-0.2, 0) is 11.3 Å². The van der Waals surface area contributed by atoms with E-state index in [2.05, 4.69) is 10.6 Å². The molecular formula is C19H28N2O3. The molecule has 1 atom stereocenters. The fraction of sp³-hybridized carbons (Fsp3) is 0.579. The van der Waals surface area contributed by atoms with Crippen LogP contribution < -0.4 is 10.6 Å². The molecule has 132 valence electrons. The lowest BCUT2D eigenvalue weighted by Gasteiger charge is -2.16. The van der Waals surface area contributed by atoms with Crippen molar-refractivity contribution in [2.45, 2.75) is 58.0 Å². The highest BCUT2D eigenvalue weighted by Crippen LogP contribution is 2.24. The third kappa shape index (κ3) is 5.34. The summed E-state index contributed by atoms with van der Waals surface area (Å²) >= 11 is 0. The summed E-state index contributed by atoms with van der Waals surface area (Å²) < 4.78 is 0. The van der Waals surface area contributed by atoms with Gasteiger partial charge in [-0.3, -0.25) is 9.59 Å². The standard InChI is InChI=1S/C19H28N2O3/c1-2-17(11-12-22)21-19(24)16-9-7-14(8-10-16)13-20-18(23)15-5-3-4-6-15/h7-10,15,17,22H,2-6,11-13H2,1H3,(H,20,23)(H,21,24). The van der Waals surface area contributed by atoms with Crippen LogP contribution in [0.25, 0.3) is 0 Å². The first kappa shape index (κ1) is 18.5. The Labute approximate surface area is 143 Å². The predicted molar refractivity (Wildman–Crippen MR) is 93.5 cm³/mol. The van der Waals surface area contributed by atoms with Crippen LogP contribution in [0.1, 0.15) is 61.4 Å². The Kier molecular flexibility index (Phi) is 7.25. The number of benzene rings is 1. The lowest BCUT2D eigenvalue weighted by atomic mass is 10.1. The number of rotatable bonds is 8. The Morgan fingerprint density at radius 1 is 1.21 bits per heavy atom. The number of aliphatic hydroxyl groups is 1. The zero-order chi connectivity index (χ0) is 17.4. The van der Waals surface area contributed by atoms with Gasteiger partial charge in [-0.25, -0.2) is 0 Å². The molecule has 3 N–H and O–H groups in total. The fourth-order valence-corrected chi connectivity index (χ4v) is 3.10. The molecule has 0 radical (unpaired) electrons. The Hall–Kier alpha value is -1.88. The van der Waals surface area contributed by atoms with Gasteiger partial charge in [-0.1, -0.05) is 31.9 Å². The van der Waals surface area contributed by atoms with E-state index in [4.69, 9.17) is 5.11 Å². The first-order valence-electron chi connectivity index (χ1n) is 8.92. The average molecular weight is 332 g/mol. The van der Waals surface area contributed by atoms with Crippen molar-refractivity contribution in [2.75, 3.05) is 6.61 Å². The maximum Gasteiger partial charge on any atom is 0.251 e. The molecule has 0 aliphatic heterocycles. The maximum absolute atomic E-state index is 12.2. The number of hydrogen-bond donors (Lipinski definition) is 3. The second-order valence-electron chi connectivity index (χ2n) is 6.49. The molecule has 1 aromatic carbocycles. The fourth-order valence-electron chi connectivity index (χ4n) is 3.10. The van der Waals surface area contributed by atoms with E-state index >= 15 is 0 Å². The highest BCUT2D eigenvalue weighted by molar-refractivity contribution is 5.94. The molecule has 0 heterocycles. The Morgan fingerprint density at radius 3 is 2.46 bits per heavy atom. The quantitative estimate of drug-likeness (QED) is 0.684. The molecule has 5 heteroatoms. The van der Waals surface area contributed by atoms with Crippen LogP contribution in [-0.4, -0.2) is 29.6 Å². The van der Waals surface area contributed by atoms with Crippen LogP contribution in [0, 0.1) is 5.92 Å². The van der Waals surface area contributed by atoms with Gasteiger partial charge in [0.1, 0.15) is 0 Å². The third-order valence-electron chi connectivity index (χ3n) is 4.71. The molecule has 0 bridgehead atoms. The number of nitrogens with one attached hydrogen (secondary N) is 2. The summed E-state index contributed by atoms with van der Waals surface area (Å²) in [5.74, 6) is 0.188. The number of hydrogen-bond acceptors (Lipinski definition) is 3. The smallest absolute Gasteiger partial charge is 0.251 e. The molecule has 1 fully saturated rings. The van der Waals surface area contributed by atoms with E-state index in [9.17, 15) is 9.59 Å². The van der Waals surface area contributed by atoms with Gasteiger partial charge in [0.05, 0.1) is 0 Å². The van der Waals surface area contributed by atoms with Crippen molar-refractivity contribution in [3.05, 3.63) is 35.4 Å². The monoisotopic (exact) mass is 332 g/mol. The third-order valence-corrected chi connectivity index (χ3v) is 4.71. The summed E-state index contributed by atoms with van der Waals surface area (Å²) in [7, 11) is 0. The van der Waals surface area contributed by atoms with Gasteiger partial charge in [-0.15, -0.1) is 0 Å². The van der Waals surface area contributed by atoms with Gasteiger partial charge in [0, 0.05) is 30.7 Å². The number of carbonyl (C=O) groups is 2. The topological polar surface area (TPSA) is 78.4 Å². The Balaban J connectivity index is 1.83. The van der Waals surface area contributed by atoms with Gasteiger partial charge in [0.2, 0.25) is 5.91 Å². The molecule has 2 rings (SSSR count). The van der Waals surface area contributed by atoms with Gasteiger partial charge in [0.25, 0.3) is 5.91 Å². The summed E-state index contributed by atoms with van der Waals surface area (Å²) in [5.41, 5.74) is 1.58. The van der Waals surface area contributed by atoms with E-state index < -0.39 is 0 Å². The number of amides is 2. The minimum Gasteiger partial charge on any atom is -0.396 e. The van der Waals surface area contributed by atoms with E-state index in [1.807, 2.05) is 19.1 Å². The zero-order valence-corrected chi connectivity index (χ0v) is 14.4. The molecule has 0 aromatic heterocycles. The number of carbonyl (C=O) groups excluding carboxylic acids is 2. The van der Waals surface area contributed by atoms with E-state index in [0.29, 0.717) is 18.5 Å². The van der Waals surface area contributed by atoms with Gasteiger partial charge in [0.15, 0.2) is 0 Å². The summed E-state index contributed by atoms with van der Waals surface area (Å²) in [6.45, 7) is 2.55. The van der Waals surface area contributed by atoms with Crippen molar-refractivity contribution in [2.24, 2.45) is 5.92 Å². The molecule has 1 unspecified atom stereocenters. The van der Waals surface area contributed by atoms with Gasteiger partial charge >= 0.3 is 0 Å². The highest BCUT2D eigenvalue weighted by Gasteiger charge is 2.22. The van der Waals surface area contributed by atoms with Gasteiger partial charge in [-0.2, -0.15) is 0 Å². The number of aliphatic hydroxyl groups excluding tert-OH is 1. The molecular weight excluding hydrogens is 304 g/mol. The molecule has 1 saturated carbocycles. The summed E-state index contributed by atoms with van der Waals surface area (Å²) in [6.07, 6.45) is 5.65. The Morgan fingerprint density at radius 2 is 1.88 bits per heavy atom. The largest absolute Gasteiger partial charge is 0.396 e. The van der Waals surface area contributed by atoms with Gasteiger partial charge in [-0.05, 0) is 43.4 Å². The minimum atomic E-state index is -0.128. The molecule has 1 aromatic rings. The minimum absolute atomic E-state index is 0.00660. The first-order chi connectivity index (χ1) is 11.6. The normalized spacial score (nSPS) is 15.9. The summed E-state index contributed by atoms with van der Waals surface area (Å²) in [4.78, 5) is 24.2. The van der Waals surface area contributed by atoms with Crippen LogP contribution >= 0.6 is 0 Å². The summed E-state index contributed by atoms with van der Waals surface area (Å²) in [6, 6.07) is 7.29. The first-order valence-corrected chi connectivity index (χ1v) is 8.92. The lowest BCUT2D eigenvalue weighted by molar-refractivity contribution is -0.124. The van der Waals surface area contributed by atoms with E-state index in [0.717, 1.165) is 37.7 Å². The molecule has 1 aliphatic rings. The van der Waals surface area contributed by atoms with Crippen molar-refractivity contribution >= 4 is 11.8 Å². The van der Waals surface area contributed by atoms with Crippen LogP contribution in [0.4, 0.5) is 0 Å². The van der Waals surface area contributed by atoms with Crippen LogP contribution in [0.15, 0.2) is 24.3 Å². The Bertz CT molecular complexity index is 536. The van der Waals surface area contributed by atoms with Crippen LogP contribution in [0.3, 0.4) is 0 Å². The van der Waals surface area contributed by atoms with E-state index in [1.165, 1.54) is 0 Å². The summed E-state index contributed by atoms with van der Waals surface area (Å²) in [5, 5.41) is 14.9. The second-order valence-corrected chi connectivity index (χ2v) is 6.49. The van der Waals surface area contributed by atoms with E-state index in [-0.39, 0.29) is 30.4 Å². The van der Waals surface area contributed by atoms with Crippen LogP contribution in [0.2, 0.25) is 0 Å². The molecule has 5 nitrogen and oxygen atoms in total. The highest BCUT2D eigenvalue weighted by atomic mass is 16.3. The van der Waals surface area contributed by atoms with Crippen molar-refractivity contribution < 1.29 is 14.7 Å². The van der Waals surface area contributed by atoms with Crippen molar-refractivity contribution in [1.29, 1.82) is 0 Å².